The van der Waals surface area contributed by atoms with Gasteiger partial charge in [0, 0.05) is 5.69 Å². The van der Waals surface area contributed by atoms with Crippen molar-refractivity contribution in [3.05, 3.63) is 53.1 Å². The largest absolute Gasteiger partial charge is 0.325 e. The first-order chi connectivity index (χ1) is 10.5. The van der Waals surface area contributed by atoms with Gasteiger partial charge in [-0.25, -0.2) is 9.78 Å². The van der Waals surface area contributed by atoms with E-state index in [0.717, 1.165) is 27.0 Å². The molecule has 0 spiro atoms. The molecule has 3 aromatic rings. The zero-order valence-corrected chi connectivity index (χ0v) is 13.5. The van der Waals surface area contributed by atoms with Crippen LogP contribution in [-0.2, 0) is 0 Å². The number of aryl methyl sites for hydroxylation is 3. The van der Waals surface area contributed by atoms with E-state index in [-0.39, 0.29) is 6.03 Å². The van der Waals surface area contributed by atoms with Crippen LogP contribution in [-0.4, -0.2) is 11.0 Å². The molecule has 22 heavy (non-hydrogen) atoms. The van der Waals surface area contributed by atoms with Gasteiger partial charge in [-0.2, -0.15) is 0 Å². The Hall–Kier alpha value is -2.40. The third kappa shape index (κ3) is 3.09. The van der Waals surface area contributed by atoms with E-state index in [9.17, 15) is 4.79 Å². The highest BCUT2D eigenvalue weighted by molar-refractivity contribution is 7.22. The number of thiazole rings is 1. The summed E-state index contributed by atoms with van der Waals surface area (Å²) in [6, 6.07) is 11.6. The number of carbonyl (C=O) groups excluding carboxylic acids is 1. The Morgan fingerprint density at radius 1 is 1.00 bits per heavy atom. The molecule has 2 N–H and O–H groups in total. The first kappa shape index (κ1) is 14.5. The highest BCUT2D eigenvalue weighted by Gasteiger charge is 2.10. The quantitative estimate of drug-likeness (QED) is 0.709. The lowest BCUT2D eigenvalue weighted by molar-refractivity contribution is 0.262. The standard InChI is InChI=1S/C17H17N3OS/c1-10-4-6-13(7-5-10)18-16(21)20-17-19-15-12(3)8-11(2)9-14(15)22-17/h4-9H,1-3H3,(H2,18,19,20,21). The van der Waals surface area contributed by atoms with Gasteiger partial charge in [-0.1, -0.05) is 35.1 Å². The summed E-state index contributed by atoms with van der Waals surface area (Å²) in [5, 5.41) is 6.21. The van der Waals surface area contributed by atoms with Gasteiger partial charge in [-0.3, -0.25) is 5.32 Å². The Morgan fingerprint density at radius 2 is 1.73 bits per heavy atom. The maximum atomic E-state index is 12.0. The van der Waals surface area contributed by atoms with Crippen molar-refractivity contribution in [1.82, 2.24) is 4.98 Å². The number of fused-ring (bicyclic) bond motifs is 1. The lowest BCUT2D eigenvalue weighted by atomic mass is 10.1. The molecule has 0 unspecified atom stereocenters. The molecule has 112 valence electrons. The van der Waals surface area contributed by atoms with Crippen molar-refractivity contribution in [3.8, 4) is 0 Å². The molecule has 0 aliphatic heterocycles. The zero-order valence-electron chi connectivity index (χ0n) is 12.7. The van der Waals surface area contributed by atoms with Crippen molar-refractivity contribution in [2.24, 2.45) is 0 Å². The molecule has 5 heteroatoms. The Labute approximate surface area is 133 Å². The fourth-order valence-electron chi connectivity index (χ4n) is 2.32. The van der Waals surface area contributed by atoms with Crippen LogP contribution in [0, 0.1) is 20.8 Å². The Kier molecular flexibility index (Phi) is 3.81. The predicted octanol–water partition coefficient (Wildman–Crippen LogP) is 4.87. The van der Waals surface area contributed by atoms with E-state index >= 15 is 0 Å². The molecule has 0 bridgehead atoms. The number of benzene rings is 2. The molecule has 2 amide bonds. The summed E-state index contributed by atoms with van der Waals surface area (Å²) in [6.45, 7) is 6.10. The van der Waals surface area contributed by atoms with Crippen LogP contribution in [0.25, 0.3) is 10.2 Å². The van der Waals surface area contributed by atoms with E-state index in [4.69, 9.17) is 0 Å². The molecule has 0 aliphatic carbocycles. The summed E-state index contributed by atoms with van der Waals surface area (Å²) < 4.78 is 1.09. The number of nitrogens with zero attached hydrogens (tertiary/aromatic N) is 1. The molecule has 0 atom stereocenters. The van der Waals surface area contributed by atoms with Gasteiger partial charge in [0.25, 0.3) is 0 Å². The molecule has 1 aromatic heterocycles. The molecule has 1 heterocycles. The Bertz CT molecular complexity index is 837. The van der Waals surface area contributed by atoms with Gasteiger partial charge in [0.1, 0.15) is 0 Å². The second kappa shape index (κ2) is 5.77. The lowest BCUT2D eigenvalue weighted by Crippen LogP contribution is -2.19. The van der Waals surface area contributed by atoms with Gasteiger partial charge in [0.05, 0.1) is 10.2 Å². The van der Waals surface area contributed by atoms with Crippen LogP contribution in [0.1, 0.15) is 16.7 Å². The number of anilines is 2. The summed E-state index contributed by atoms with van der Waals surface area (Å²) in [5.41, 5.74) is 5.18. The predicted molar refractivity (Wildman–Crippen MR) is 92.9 cm³/mol. The van der Waals surface area contributed by atoms with Crippen LogP contribution in [0.4, 0.5) is 15.6 Å². The number of rotatable bonds is 2. The monoisotopic (exact) mass is 311 g/mol. The van der Waals surface area contributed by atoms with E-state index in [1.54, 1.807) is 0 Å². The maximum Gasteiger partial charge on any atom is 0.325 e. The van der Waals surface area contributed by atoms with Crippen molar-refractivity contribution < 1.29 is 4.79 Å². The minimum Gasteiger partial charge on any atom is -0.308 e. The fourth-order valence-corrected chi connectivity index (χ4v) is 3.36. The van der Waals surface area contributed by atoms with Gasteiger partial charge < -0.3 is 5.32 Å². The molecular formula is C17H17N3OS. The van der Waals surface area contributed by atoms with E-state index in [1.165, 1.54) is 16.9 Å². The molecule has 0 radical (unpaired) electrons. The van der Waals surface area contributed by atoms with Crippen LogP contribution < -0.4 is 10.6 Å². The molecule has 0 aliphatic rings. The van der Waals surface area contributed by atoms with Gasteiger partial charge in [0.15, 0.2) is 5.13 Å². The molecule has 0 saturated carbocycles. The Morgan fingerprint density at radius 3 is 2.45 bits per heavy atom. The zero-order chi connectivity index (χ0) is 15.7. The summed E-state index contributed by atoms with van der Waals surface area (Å²) in [7, 11) is 0. The fraction of sp³-hybridized carbons (Fsp3) is 0.176. The van der Waals surface area contributed by atoms with Crippen molar-refractivity contribution in [2.75, 3.05) is 10.6 Å². The van der Waals surface area contributed by atoms with Crippen LogP contribution >= 0.6 is 11.3 Å². The summed E-state index contributed by atoms with van der Waals surface area (Å²) in [6.07, 6.45) is 0. The highest BCUT2D eigenvalue weighted by atomic mass is 32.1. The van der Waals surface area contributed by atoms with Crippen molar-refractivity contribution in [1.29, 1.82) is 0 Å². The summed E-state index contributed by atoms with van der Waals surface area (Å²) >= 11 is 1.48. The Balaban J connectivity index is 1.76. The van der Waals surface area contributed by atoms with Crippen molar-refractivity contribution in [3.63, 3.8) is 0 Å². The van der Waals surface area contributed by atoms with Gasteiger partial charge >= 0.3 is 6.03 Å². The van der Waals surface area contributed by atoms with E-state index in [2.05, 4.69) is 34.7 Å². The number of aromatic nitrogens is 1. The highest BCUT2D eigenvalue weighted by Crippen LogP contribution is 2.29. The summed E-state index contributed by atoms with van der Waals surface area (Å²) in [5.74, 6) is 0. The third-order valence-corrected chi connectivity index (χ3v) is 4.28. The minimum atomic E-state index is -0.280. The number of hydrogen-bond acceptors (Lipinski definition) is 3. The van der Waals surface area contributed by atoms with Crippen LogP contribution in [0.2, 0.25) is 0 Å². The molecular weight excluding hydrogens is 294 g/mol. The van der Waals surface area contributed by atoms with Crippen molar-refractivity contribution >= 4 is 38.4 Å². The average Bonchev–Trinajstić information content (AvgIpc) is 2.84. The van der Waals surface area contributed by atoms with Crippen molar-refractivity contribution in [2.45, 2.75) is 20.8 Å². The average molecular weight is 311 g/mol. The topological polar surface area (TPSA) is 54.0 Å². The SMILES string of the molecule is Cc1ccc(NC(=O)Nc2nc3c(C)cc(C)cc3s2)cc1. The van der Waals surface area contributed by atoms with Crippen LogP contribution in [0.5, 0.6) is 0 Å². The lowest BCUT2D eigenvalue weighted by Gasteiger charge is -2.05. The molecule has 2 aromatic carbocycles. The number of nitrogens with one attached hydrogen (secondary N) is 2. The first-order valence-electron chi connectivity index (χ1n) is 7.04. The molecule has 0 saturated heterocycles. The normalized spacial score (nSPS) is 10.7. The molecule has 0 fully saturated rings. The number of carbonyl (C=O) groups is 1. The van der Waals surface area contributed by atoms with Crippen LogP contribution in [0.15, 0.2) is 36.4 Å². The van der Waals surface area contributed by atoms with E-state index < -0.39 is 0 Å². The third-order valence-electron chi connectivity index (χ3n) is 3.36. The van der Waals surface area contributed by atoms with Gasteiger partial charge in [-0.15, -0.1) is 0 Å². The van der Waals surface area contributed by atoms with Crippen LogP contribution in [0.3, 0.4) is 0 Å². The smallest absolute Gasteiger partial charge is 0.308 e. The number of urea groups is 1. The molecule has 4 nitrogen and oxygen atoms in total. The summed E-state index contributed by atoms with van der Waals surface area (Å²) in [4.78, 5) is 16.5. The second-order valence-corrected chi connectivity index (χ2v) is 6.42. The van der Waals surface area contributed by atoms with E-state index in [0.29, 0.717) is 5.13 Å². The second-order valence-electron chi connectivity index (χ2n) is 5.39. The van der Waals surface area contributed by atoms with Gasteiger partial charge in [-0.05, 0) is 50.1 Å². The molecule has 3 rings (SSSR count). The minimum absolute atomic E-state index is 0.280. The first-order valence-corrected chi connectivity index (χ1v) is 7.85. The number of amides is 2. The van der Waals surface area contributed by atoms with Gasteiger partial charge in [0.2, 0.25) is 0 Å². The number of hydrogen-bond donors (Lipinski definition) is 2. The van der Waals surface area contributed by atoms with E-state index in [1.807, 2.05) is 38.1 Å². The maximum absolute atomic E-state index is 12.0.